The molecule has 1 aliphatic heterocycles. The van der Waals surface area contributed by atoms with Crippen LogP contribution in [0.1, 0.15) is 36.0 Å². The van der Waals surface area contributed by atoms with E-state index in [1.165, 1.54) is 5.56 Å². The average molecular weight is 272 g/mol. The van der Waals surface area contributed by atoms with Gasteiger partial charge < -0.3 is 15.5 Å². The standard InChI is InChI=1S/C16H20N2O2/c1-4-10-11-5-8(2)14-12(6-9(3)16(19)18-14)15(11)20-13(10)7-17/h5-6,10,13H,4,7,17H2,1-3H3,(H,18,19). The van der Waals surface area contributed by atoms with Gasteiger partial charge in [0.25, 0.3) is 5.56 Å². The summed E-state index contributed by atoms with van der Waals surface area (Å²) in [4.78, 5) is 14.8. The summed E-state index contributed by atoms with van der Waals surface area (Å²) in [6, 6.07) is 4.05. The molecule has 1 aromatic carbocycles. The summed E-state index contributed by atoms with van der Waals surface area (Å²) >= 11 is 0. The highest BCUT2D eigenvalue weighted by atomic mass is 16.5. The molecule has 3 rings (SSSR count). The topological polar surface area (TPSA) is 68.1 Å². The maximum atomic E-state index is 11.8. The zero-order valence-corrected chi connectivity index (χ0v) is 12.1. The Balaban J connectivity index is 2.33. The lowest BCUT2D eigenvalue weighted by Crippen LogP contribution is -2.28. The van der Waals surface area contributed by atoms with Crippen LogP contribution in [0.25, 0.3) is 10.9 Å². The fraction of sp³-hybridized carbons (Fsp3) is 0.438. The third-order valence-corrected chi connectivity index (χ3v) is 4.29. The summed E-state index contributed by atoms with van der Waals surface area (Å²) in [5.74, 6) is 1.23. The van der Waals surface area contributed by atoms with Crippen LogP contribution in [0.4, 0.5) is 0 Å². The van der Waals surface area contributed by atoms with Crippen molar-refractivity contribution in [2.45, 2.75) is 39.2 Å². The molecule has 0 amide bonds. The van der Waals surface area contributed by atoms with E-state index in [0.29, 0.717) is 18.0 Å². The number of aromatic amines is 1. The van der Waals surface area contributed by atoms with Crippen molar-refractivity contribution in [2.75, 3.05) is 6.54 Å². The van der Waals surface area contributed by atoms with Gasteiger partial charge in [-0.3, -0.25) is 4.79 Å². The molecular weight excluding hydrogens is 252 g/mol. The van der Waals surface area contributed by atoms with E-state index in [4.69, 9.17) is 10.5 Å². The molecule has 4 heteroatoms. The molecule has 1 aromatic heterocycles. The number of aromatic nitrogens is 1. The first-order valence-corrected chi connectivity index (χ1v) is 7.10. The predicted octanol–water partition coefficient (Wildman–Crippen LogP) is 2.36. The zero-order valence-electron chi connectivity index (χ0n) is 12.1. The van der Waals surface area contributed by atoms with Crippen LogP contribution < -0.4 is 16.0 Å². The second kappa shape index (κ2) is 4.63. The second-order valence-electron chi connectivity index (χ2n) is 5.59. The number of hydrogen-bond donors (Lipinski definition) is 2. The van der Waals surface area contributed by atoms with E-state index < -0.39 is 0 Å². The van der Waals surface area contributed by atoms with E-state index in [1.807, 2.05) is 19.9 Å². The minimum absolute atomic E-state index is 0.0345. The summed E-state index contributed by atoms with van der Waals surface area (Å²) in [6.45, 7) is 6.51. The number of fused-ring (bicyclic) bond motifs is 3. The minimum atomic E-state index is -0.0408. The van der Waals surface area contributed by atoms with E-state index in [1.54, 1.807) is 0 Å². The van der Waals surface area contributed by atoms with Gasteiger partial charge in [0.15, 0.2) is 0 Å². The molecule has 0 bridgehead atoms. The number of H-pyrrole nitrogens is 1. The van der Waals surface area contributed by atoms with Crippen molar-refractivity contribution in [3.05, 3.63) is 39.2 Å². The van der Waals surface area contributed by atoms with E-state index in [0.717, 1.165) is 28.6 Å². The maximum Gasteiger partial charge on any atom is 0.251 e. The number of nitrogens with one attached hydrogen (secondary N) is 1. The molecule has 3 N–H and O–H groups in total. The fourth-order valence-corrected chi connectivity index (χ4v) is 3.19. The molecular formula is C16H20N2O2. The van der Waals surface area contributed by atoms with E-state index in [-0.39, 0.29) is 11.7 Å². The number of benzene rings is 1. The quantitative estimate of drug-likeness (QED) is 0.881. The molecule has 0 spiro atoms. The molecule has 0 saturated heterocycles. The van der Waals surface area contributed by atoms with Crippen LogP contribution in [0.2, 0.25) is 0 Å². The van der Waals surface area contributed by atoms with Crippen molar-refractivity contribution in [2.24, 2.45) is 5.73 Å². The highest BCUT2D eigenvalue weighted by Crippen LogP contribution is 2.44. The molecule has 4 nitrogen and oxygen atoms in total. The smallest absolute Gasteiger partial charge is 0.251 e. The molecule has 2 atom stereocenters. The van der Waals surface area contributed by atoms with Gasteiger partial charge in [-0.15, -0.1) is 0 Å². The van der Waals surface area contributed by atoms with E-state index >= 15 is 0 Å². The molecule has 0 fully saturated rings. The van der Waals surface area contributed by atoms with Crippen LogP contribution in [-0.4, -0.2) is 17.6 Å². The van der Waals surface area contributed by atoms with Crippen LogP contribution in [0.15, 0.2) is 16.9 Å². The Kier molecular flexibility index (Phi) is 3.05. The number of nitrogens with two attached hydrogens (primary N) is 1. The van der Waals surface area contributed by atoms with Gasteiger partial charge in [-0.2, -0.15) is 0 Å². The molecule has 0 radical (unpaired) electrons. The molecule has 106 valence electrons. The number of pyridine rings is 1. The summed E-state index contributed by atoms with van der Waals surface area (Å²) in [7, 11) is 0. The first-order chi connectivity index (χ1) is 9.56. The van der Waals surface area contributed by atoms with Gasteiger partial charge in [-0.25, -0.2) is 0 Å². The molecule has 1 aliphatic rings. The van der Waals surface area contributed by atoms with Gasteiger partial charge in [-0.1, -0.05) is 6.92 Å². The van der Waals surface area contributed by atoms with E-state index in [2.05, 4.69) is 18.0 Å². The maximum absolute atomic E-state index is 11.8. The summed E-state index contributed by atoms with van der Waals surface area (Å²) in [5, 5.41) is 0.992. The van der Waals surface area contributed by atoms with Gasteiger partial charge in [0.2, 0.25) is 0 Å². The fourth-order valence-electron chi connectivity index (χ4n) is 3.19. The van der Waals surface area contributed by atoms with Crippen LogP contribution in [0.3, 0.4) is 0 Å². The van der Waals surface area contributed by atoms with Crippen LogP contribution >= 0.6 is 0 Å². The lowest BCUT2D eigenvalue weighted by molar-refractivity contribution is 0.213. The molecule has 0 saturated carbocycles. The number of rotatable bonds is 2. The Morgan fingerprint density at radius 1 is 1.30 bits per heavy atom. The molecule has 2 unspecified atom stereocenters. The van der Waals surface area contributed by atoms with Gasteiger partial charge in [-0.05, 0) is 38.0 Å². The SMILES string of the molecule is CCC1c2cc(C)c3[nH]c(=O)c(C)cc3c2OC1CN. The van der Waals surface area contributed by atoms with Gasteiger partial charge in [0.1, 0.15) is 11.9 Å². The van der Waals surface area contributed by atoms with Gasteiger partial charge in [0.05, 0.1) is 5.52 Å². The summed E-state index contributed by atoms with van der Waals surface area (Å²) in [6.07, 6.45) is 1.04. The first kappa shape index (κ1) is 13.2. The Hall–Kier alpha value is -1.81. The van der Waals surface area contributed by atoms with Gasteiger partial charge >= 0.3 is 0 Å². The second-order valence-corrected chi connectivity index (χ2v) is 5.59. The minimum Gasteiger partial charge on any atom is -0.487 e. The molecule has 2 heterocycles. The van der Waals surface area contributed by atoms with Crippen molar-refractivity contribution in [3.63, 3.8) is 0 Å². The predicted molar refractivity (Wildman–Crippen MR) is 80.5 cm³/mol. The summed E-state index contributed by atoms with van der Waals surface area (Å²) in [5.41, 5.74) is 9.67. The van der Waals surface area contributed by atoms with Crippen LogP contribution in [-0.2, 0) is 0 Å². The number of aryl methyl sites for hydroxylation is 2. The Labute approximate surface area is 117 Å². The van der Waals surface area contributed by atoms with Gasteiger partial charge in [0, 0.05) is 29.0 Å². The molecule has 20 heavy (non-hydrogen) atoms. The Bertz CT molecular complexity index is 733. The highest BCUT2D eigenvalue weighted by Gasteiger charge is 2.34. The van der Waals surface area contributed by atoms with Crippen LogP contribution in [0.5, 0.6) is 5.75 Å². The number of hydrogen-bond acceptors (Lipinski definition) is 3. The van der Waals surface area contributed by atoms with Crippen molar-refractivity contribution >= 4 is 10.9 Å². The lowest BCUT2D eigenvalue weighted by Gasteiger charge is -2.14. The lowest BCUT2D eigenvalue weighted by atomic mass is 9.90. The third-order valence-electron chi connectivity index (χ3n) is 4.29. The summed E-state index contributed by atoms with van der Waals surface area (Å²) < 4.78 is 6.08. The largest absolute Gasteiger partial charge is 0.487 e. The van der Waals surface area contributed by atoms with Crippen molar-refractivity contribution in [3.8, 4) is 5.75 Å². The van der Waals surface area contributed by atoms with E-state index in [9.17, 15) is 4.79 Å². The normalized spacial score (nSPS) is 21.0. The van der Waals surface area contributed by atoms with Crippen molar-refractivity contribution in [1.82, 2.24) is 4.98 Å². The zero-order chi connectivity index (χ0) is 14.4. The Morgan fingerprint density at radius 3 is 2.70 bits per heavy atom. The average Bonchev–Trinajstić information content (AvgIpc) is 2.78. The van der Waals surface area contributed by atoms with Crippen LogP contribution in [0, 0.1) is 13.8 Å². The molecule has 0 aliphatic carbocycles. The monoisotopic (exact) mass is 272 g/mol. The first-order valence-electron chi connectivity index (χ1n) is 7.10. The van der Waals surface area contributed by atoms with Crippen molar-refractivity contribution < 1.29 is 4.74 Å². The third kappa shape index (κ3) is 1.75. The van der Waals surface area contributed by atoms with Crippen molar-refractivity contribution in [1.29, 1.82) is 0 Å². The highest BCUT2D eigenvalue weighted by molar-refractivity contribution is 5.90. The number of ether oxygens (including phenoxy) is 1. The Morgan fingerprint density at radius 2 is 2.05 bits per heavy atom. The molecule has 2 aromatic rings.